The van der Waals surface area contributed by atoms with Crippen molar-refractivity contribution in [2.75, 3.05) is 7.05 Å². The summed E-state index contributed by atoms with van der Waals surface area (Å²) in [5.74, 6) is -0.525. The zero-order valence-corrected chi connectivity index (χ0v) is 15.0. The molecule has 0 aromatic heterocycles. The van der Waals surface area contributed by atoms with Crippen molar-refractivity contribution in [2.24, 2.45) is 0 Å². The minimum absolute atomic E-state index is 0.0949. The quantitative estimate of drug-likeness (QED) is 0.721. The van der Waals surface area contributed by atoms with Gasteiger partial charge in [-0.2, -0.15) is 4.31 Å². The largest absolute Gasteiger partial charge is 0.295 e. The molecule has 0 spiro atoms. The maximum atomic E-state index is 13.1. The van der Waals surface area contributed by atoms with E-state index < -0.39 is 15.8 Å². The van der Waals surface area contributed by atoms with Crippen LogP contribution in [-0.4, -0.2) is 25.6 Å². The molecule has 0 heterocycles. The van der Waals surface area contributed by atoms with Gasteiger partial charge in [-0.15, -0.1) is 0 Å². The third kappa shape index (κ3) is 4.04. The summed E-state index contributed by atoms with van der Waals surface area (Å²) in [6.45, 7) is 1.51. The summed E-state index contributed by atoms with van der Waals surface area (Å²) < 4.78 is 39.9. The lowest BCUT2D eigenvalue weighted by Crippen LogP contribution is -2.26. The summed E-state index contributed by atoms with van der Waals surface area (Å²) in [6.07, 6.45) is 0. The van der Waals surface area contributed by atoms with E-state index in [9.17, 15) is 17.6 Å². The SMILES string of the molecule is CC(=O)c1ccc(S(=O)(=O)N(C)Cc2ccc(F)cc2Br)cc1. The number of carbonyl (C=O) groups is 1. The van der Waals surface area contributed by atoms with Crippen LogP contribution in [0.25, 0.3) is 0 Å². The molecule has 0 aliphatic carbocycles. The predicted molar refractivity (Wildman–Crippen MR) is 89.2 cm³/mol. The number of halogens is 2. The Balaban J connectivity index is 2.26. The first-order valence-corrected chi connectivity index (χ1v) is 8.96. The standard InChI is InChI=1S/C16H15BrFNO3S/c1-11(20)12-4-7-15(8-5-12)23(21,22)19(2)10-13-3-6-14(18)9-16(13)17/h3-9H,10H2,1-2H3. The van der Waals surface area contributed by atoms with Gasteiger partial charge in [0.25, 0.3) is 0 Å². The third-order valence-electron chi connectivity index (χ3n) is 3.38. The number of benzene rings is 2. The van der Waals surface area contributed by atoms with Gasteiger partial charge in [0, 0.05) is 23.6 Å². The molecule has 0 saturated heterocycles. The fraction of sp³-hybridized carbons (Fsp3) is 0.188. The lowest BCUT2D eigenvalue weighted by Gasteiger charge is -2.18. The van der Waals surface area contributed by atoms with Crippen LogP contribution in [0.15, 0.2) is 51.8 Å². The van der Waals surface area contributed by atoms with E-state index in [4.69, 9.17) is 0 Å². The smallest absolute Gasteiger partial charge is 0.243 e. The molecule has 2 rings (SSSR count). The third-order valence-corrected chi connectivity index (χ3v) is 5.93. The Labute approximate surface area is 143 Å². The van der Waals surface area contributed by atoms with Crippen molar-refractivity contribution < 1.29 is 17.6 Å². The van der Waals surface area contributed by atoms with E-state index in [1.807, 2.05) is 0 Å². The fourth-order valence-corrected chi connectivity index (χ4v) is 3.64. The van der Waals surface area contributed by atoms with E-state index in [2.05, 4.69) is 15.9 Å². The Morgan fingerprint density at radius 1 is 1.17 bits per heavy atom. The molecule has 0 unspecified atom stereocenters. The summed E-state index contributed by atoms with van der Waals surface area (Å²) in [6, 6.07) is 9.88. The summed E-state index contributed by atoms with van der Waals surface area (Å²) in [5, 5.41) is 0. The van der Waals surface area contributed by atoms with Crippen molar-refractivity contribution >= 4 is 31.7 Å². The van der Waals surface area contributed by atoms with Gasteiger partial charge in [0.15, 0.2) is 5.78 Å². The van der Waals surface area contributed by atoms with Crippen molar-refractivity contribution in [2.45, 2.75) is 18.4 Å². The minimum Gasteiger partial charge on any atom is -0.295 e. The molecule has 0 bridgehead atoms. The monoisotopic (exact) mass is 399 g/mol. The van der Waals surface area contributed by atoms with Gasteiger partial charge in [-0.1, -0.05) is 34.1 Å². The molecule has 4 nitrogen and oxygen atoms in total. The summed E-state index contributed by atoms with van der Waals surface area (Å²) in [7, 11) is -2.25. The van der Waals surface area contributed by atoms with Crippen molar-refractivity contribution in [3.05, 3.63) is 63.9 Å². The molecular weight excluding hydrogens is 385 g/mol. The van der Waals surface area contributed by atoms with E-state index >= 15 is 0 Å². The Bertz CT molecular complexity index is 835. The second-order valence-electron chi connectivity index (χ2n) is 5.08. The van der Waals surface area contributed by atoms with Crippen molar-refractivity contribution in [1.29, 1.82) is 0 Å². The van der Waals surface area contributed by atoms with E-state index in [1.165, 1.54) is 60.7 Å². The molecule has 0 saturated carbocycles. The lowest BCUT2D eigenvalue weighted by atomic mass is 10.2. The maximum Gasteiger partial charge on any atom is 0.243 e. The van der Waals surface area contributed by atoms with Crippen LogP contribution in [0.2, 0.25) is 0 Å². The Kier molecular flexibility index (Phi) is 5.33. The van der Waals surface area contributed by atoms with Crippen molar-refractivity contribution in [1.82, 2.24) is 4.31 Å². The molecule has 23 heavy (non-hydrogen) atoms. The number of sulfonamides is 1. The fourth-order valence-electron chi connectivity index (χ4n) is 2.02. The lowest BCUT2D eigenvalue weighted by molar-refractivity contribution is 0.101. The number of carbonyl (C=O) groups excluding carboxylic acids is 1. The second-order valence-corrected chi connectivity index (χ2v) is 7.98. The molecule has 0 atom stereocenters. The van der Waals surface area contributed by atoms with Gasteiger partial charge in [-0.3, -0.25) is 4.79 Å². The number of Topliss-reactive ketones (excluding diaryl/α,β-unsaturated/α-hetero) is 1. The molecule has 2 aromatic carbocycles. The number of rotatable bonds is 5. The van der Waals surface area contributed by atoms with Gasteiger partial charge in [0.1, 0.15) is 5.82 Å². The molecule has 2 aromatic rings. The maximum absolute atomic E-state index is 13.1. The zero-order chi connectivity index (χ0) is 17.2. The topological polar surface area (TPSA) is 54.5 Å². The molecule has 0 aliphatic rings. The highest BCUT2D eigenvalue weighted by Gasteiger charge is 2.21. The van der Waals surface area contributed by atoms with Gasteiger partial charge in [0.2, 0.25) is 10.0 Å². The number of hydrogen-bond acceptors (Lipinski definition) is 3. The number of hydrogen-bond donors (Lipinski definition) is 0. The summed E-state index contributed by atoms with van der Waals surface area (Å²) in [4.78, 5) is 11.4. The molecule has 0 aliphatic heterocycles. The number of ketones is 1. The molecule has 122 valence electrons. The van der Waals surface area contributed by atoms with Crippen LogP contribution in [0.5, 0.6) is 0 Å². The van der Waals surface area contributed by atoms with Gasteiger partial charge in [-0.25, -0.2) is 12.8 Å². The van der Waals surface area contributed by atoms with Crippen LogP contribution in [0.3, 0.4) is 0 Å². The predicted octanol–water partition coefficient (Wildman–Crippen LogP) is 3.61. The molecule has 0 radical (unpaired) electrons. The first-order chi connectivity index (χ1) is 10.7. The highest BCUT2D eigenvalue weighted by molar-refractivity contribution is 9.10. The van der Waals surface area contributed by atoms with Crippen LogP contribution in [0.1, 0.15) is 22.8 Å². The highest BCUT2D eigenvalue weighted by Crippen LogP contribution is 2.23. The zero-order valence-electron chi connectivity index (χ0n) is 12.6. The van der Waals surface area contributed by atoms with E-state index in [0.29, 0.717) is 15.6 Å². The van der Waals surface area contributed by atoms with Crippen LogP contribution < -0.4 is 0 Å². The average molecular weight is 400 g/mol. The Morgan fingerprint density at radius 3 is 2.30 bits per heavy atom. The first kappa shape index (κ1) is 17.8. The Hall–Kier alpha value is -1.57. The van der Waals surface area contributed by atoms with Crippen molar-refractivity contribution in [3.8, 4) is 0 Å². The van der Waals surface area contributed by atoms with Gasteiger partial charge in [-0.05, 0) is 36.8 Å². The number of nitrogens with zero attached hydrogens (tertiary/aromatic N) is 1. The summed E-state index contributed by atoms with van der Waals surface area (Å²) >= 11 is 3.23. The Morgan fingerprint density at radius 2 is 1.78 bits per heavy atom. The summed E-state index contributed by atoms with van der Waals surface area (Å²) in [5.41, 5.74) is 1.10. The van der Waals surface area contributed by atoms with Crippen LogP contribution >= 0.6 is 15.9 Å². The molecule has 0 amide bonds. The molecule has 7 heteroatoms. The van der Waals surface area contributed by atoms with Crippen LogP contribution in [-0.2, 0) is 16.6 Å². The average Bonchev–Trinajstić information content (AvgIpc) is 2.50. The van der Waals surface area contributed by atoms with E-state index in [-0.39, 0.29) is 17.2 Å². The first-order valence-electron chi connectivity index (χ1n) is 6.73. The molecule has 0 fully saturated rings. The highest BCUT2D eigenvalue weighted by atomic mass is 79.9. The van der Waals surface area contributed by atoms with E-state index in [0.717, 1.165) is 0 Å². The second kappa shape index (κ2) is 6.90. The van der Waals surface area contributed by atoms with Crippen LogP contribution in [0.4, 0.5) is 4.39 Å². The van der Waals surface area contributed by atoms with Crippen LogP contribution in [0, 0.1) is 5.82 Å². The minimum atomic E-state index is -3.70. The van der Waals surface area contributed by atoms with E-state index in [1.54, 1.807) is 0 Å². The normalized spacial score (nSPS) is 11.7. The van der Waals surface area contributed by atoms with Gasteiger partial charge in [0.05, 0.1) is 4.90 Å². The van der Waals surface area contributed by atoms with Crippen molar-refractivity contribution in [3.63, 3.8) is 0 Å². The van der Waals surface area contributed by atoms with Gasteiger partial charge >= 0.3 is 0 Å². The molecule has 0 N–H and O–H groups in total. The van der Waals surface area contributed by atoms with Gasteiger partial charge < -0.3 is 0 Å². The molecular formula is C16H15BrFNO3S.